The lowest BCUT2D eigenvalue weighted by molar-refractivity contribution is -0.252. The molecule has 0 aliphatic rings. The standard InChI is InChI=1S/C20H32O5/c1-5-9-10-11-16-23-18-14-12-17(13-15-18)20(24-7-3,25-8-4)19(21)22-6-2/h12-15H,5-11,16H2,1-4H3. The molecule has 0 spiro atoms. The number of benzene rings is 1. The predicted molar refractivity (Wildman–Crippen MR) is 97.6 cm³/mol. The quantitative estimate of drug-likeness (QED) is 0.298. The van der Waals surface area contributed by atoms with E-state index >= 15 is 0 Å². The van der Waals surface area contributed by atoms with Crippen LogP contribution in [0.5, 0.6) is 5.75 Å². The first-order valence-corrected chi connectivity index (χ1v) is 9.33. The number of hydrogen-bond donors (Lipinski definition) is 0. The molecule has 142 valence electrons. The molecule has 0 amide bonds. The Kier molecular flexibility index (Phi) is 10.2. The molecule has 0 fully saturated rings. The number of unbranched alkanes of at least 4 members (excludes halogenated alkanes) is 3. The van der Waals surface area contributed by atoms with E-state index in [9.17, 15) is 4.79 Å². The molecule has 0 aliphatic heterocycles. The minimum Gasteiger partial charge on any atom is -0.494 e. The summed E-state index contributed by atoms with van der Waals surface area (Å²) >= 11 is 0. The highest BCUT2D eigenvalue weighted by molar-refractivity contribution is 5.79. The second-order valence-electron chi connectivity index (χ2n) is 5.64. The van der Waals surface area contributed by atoms with Crippen LogP contribution in [-0.2, 0) is 24.8 Å². The van der Waals surface area contributed by atoms with Crippen LogP contribution in [0.3, 0.4) is 0 Å². The van der Waals surface area contributed by atoms with Crippen molar-refractivity contribution in [3.05, 3.63) is 29.8 Å². The Morgan fingerprint density at radius 1 is 0.880 bits per heavy atom. The molecule has 5 nitrogen and oxygen atoms in total. The van der Waals surface area contributed by atoms with E-state index in [4.69, 9.17) is 18.9 Å². The van der Waals surface area contributed by atoms with Gasteiger partial charge in [-0.1, -0.05) is 26.2 Å². The van der Waals surface area contributed by atoms with E-state index in [0.717, 1.165) is 12.2 Å². The number of carbonyl (C=O) groups excluding carboxylic acids is 1. The molecule has 25 heavy (non-hydrogen) atoms. The Labute approximate surface area is 151 Å². The number of carbonyl (C=O) groups is 1. The van der Waals surface area contributed by atoms with Crippen LogP contribution >= 0.6 is 0 Å². The topological polar surface area (TPSA) is 54.0 Å². The highest BCUT2D eigenvalue weighted by atomic mass is 16.7. The van der Waals surface area contributed by atoms with Crippen LogP contribution in [0.1, 0.15) is 58.9 Å². The molecule has 0 atom stereocenters. The first-order chi connectivity index (χ1) is 12.1. The monoisotopic (exact) mass is 352 g/mol. The summed E-state index contributed by atoms with van der Waals surface area (Å²) in [6.45, 7) is 9.20. The van der Waals surface area contributed by atoms with Gasteiger partial charge in [0.15, 0.2) is 0 Å². The van der Waals surface area contributed by atoms with Gasteiger partial charge in [-0.05, 0) is 51.5 Å². The van der Waals surface area contributed by atoms with Gasteiger partial charge >= 0.3 is 5.97 Å². The molecule has 0 unspecified atom stereocenters. The Hall–Kier alpha value is -1.59. The van der Waals surface area contributed by atoms with E-state index in [2.05, 4.69) is 6.92 Å². The summed E-state index contributed by atoms with van der Waals surface area (Å²) in [5, 5.41) is 0. The van der Waals surface area contributed by atoms with Crippen LogP contribution in [-0.4, -0.2) is 32.4 Å². The molecule has 5 heteroatoms. The number of hydrogen-bond acceptors (Lipinski definition) is 5. The Bertz CT molecular complexity index is 477. The summed E-state index contributed by atoms with van der Waals surface area (Å²) in [4.78, 5) is 12.5. The van der Waals surface area contributed by atoms with Crippen molar-refractivity contribution in [3.8, 4) is 5.75 Å². The van der Waals surface area contributed by atoms with E-state index in [1.165, 1.54) is 19.3 Å². The van der Waals surface area contributed by atoms with Crippen molar-refractivity contribution in [2.45, 2.75) is 59.2 Å². The van der Waals surface area contributed by atoms with Crippen molar-refractivity contribution in [1.29, 1.82) is 0 Å². The van der Waals surface area contributed by atoms with Gasteiger partial charge in [0, 0.05) is 18.8 Å². The van der Waals surface area contributed by atoms with Crippen molar-refractivity contribution < 1.29 is 23.7 Å². The average molecular weight is 352 g/mol. The third-order valence-electron chi connectivity index (χ3n) is 3.74. The molecule has 0 aliphatic carbocycles. The maximum absolute atomic E-state index is 12.5. The van der Waals surface area contributed by atoms with E-state index in [1.54, 1.807) is 19.1 Å². The lowest BCUT2D eigenvalue weighted by Crippen LogP contribution is -2.43. The fourth-order valence-electron chi connectivity index (χ4n) is 2.57. The van der Waals surface area contributed by atoms with Crippen molar-refractivity contribution >= 4 is 5.97 Å². The molecule has 1 rings (SSSR count). The van der Waals surface area contributed by atoms with Gasteiger partial charge in [0.25, 0.3) is 5.79 Å². The van der Waals surface area contributed by atoms with Gasteiger partial charge in [0.05, 0.1) is 13.2 Å². The second-order valence-corrected chi connectivity index (χ2v) is 5.64. The zero-order valence-electron chi connectivity index (χ0n) is 16.0. The molecule has 0 aromatic heterocycles. The molecular weight excluding hydrogens is 320 g/mol. The van der Waals surface area contributed by atoms with Gasteiger partial charge in [-0.2, -0.15) is 0 Å². The molecular formula is C20H32O5. The first-order valence-electron chi connectivity index (χ1n) is 9.33. The van der Waals surface area contributed by atoms with Gasteiger partial charge < -0.3 is 18.9 Å². The van der Waals surface area contributed by atoms with Gasteiger partial charge in [-0.15, -0.1) is 0 Å². The van der Waals surface area contributed by atoms with Crippen LogP contribution in [0.15, 0.2) is 24.3 Å². The molecule has 0 heterocycles. The maximum Gasteiger partial charge on any atom is 0.372 e. The highest BCUT2D eigenvalue weighted by Gasteiger charge is 2.44. The van der Waals surface area contributed by atoms with Crippen molar-refractivity contribution in [2.75, 3.05) is 26.4 Å². The SMILES string of the molecule is CCCCCCOc1ccc(C(OCC)(OCC)C(=O)OCC)cc1. The number of esters is 1. The largest absolute Gasteiger partial charge is 0.494 e. The van der Waals surface area contributed by atoms with Crippen LogP contribution < -0.4 is 4.74 Å². The minimum atomic E-state index is -1.53. The average Bonchev–Trinajstić information content (AvgIpc) is 2.62. The summed E-state index contributed by atoms with van der Waals surface area (Å²) in [5.41, 5.74) is 0.605. The van der Waals surface area contributed by atoms with Crippen molar-refractivity contribution in [1.82, 2.24) is 0 Å². The van der Waals surface area contributed by atoms with Crippen molar-refractivity contribution in [3.63, 3.8) is 0 Å². The number of rotatable bonds is 13. The van der Waals surface area contributed by atoms with E-state index in [1.807, 2.05) is 26.0 Å². The van der Waals surface area contributed by atoms with Gasteiger partial charge in [0.1, 0.15) is 5.75 Å². The van der Waals surface area contributed by atoms with Crippen LogP contribution in [0.25, 0.3) is 0 Å². The Morgan fingerprint density at radius 3 is 2.04 bits per heavy atom. The molecule has 0 saturated heterocycles. The van der Waals surface area contributed by atoms with Crippen molar-refractivity contribution in [2.24, 2.45) is 0 Å². The summed E-state index contributed by atoms with van der Waals surface area (Å²) in [6.07, 6.45) is 4.65. The maximum atomic E-state index is 12.5. The number of ether oxygens (including phenoxy) is 4. The lowest BCUT2D eigenvalue weighted by atomic mass is 10.1. The lowest BCUT2D eigenvalue weighted by Gasteiger charge is -2.31. The molecule has 0 radical (unpaired) electrons. The first kappa shape index (κ1) is 21.5. The zero-order chi connectivity index (χ0) is 18.5. The van der Waals surface area contributed by atoms with Gasteiger partial charge in [0.2, 0.25) is 0 Å². The summed E-state index contributed by atoms with van der Waals surface area (Å²) in [5.74, 6) is -1.29. The minimum absolute atomic E-state index is 0.264. The summed E-state index contributed by atoms with van der Waals surface area (Å²) < 4.78 is 22.3. The normalized spacial score (nSPS) is 11.4. The molecule has 0 saturated carbocycles. The second kappa shape index (κ2) is 11.9. The third kappa shape index (κ3) is 6.33. The fraction of sp³-hybridized carbons (Fsp3) is 0.650. The summed E-state index contributed by atoms with van der Waals surface area (Å²) in [7, 11) is 0. The van der Waals surface area contributed by atoms with Crippen LogP contribution in [0.4, 0.5) is 0 Å². The summed E-state index contributed by atoms with van der Waals surface area (Å²) in [6, 6.07) is 7.26. The van der Waals surface area contributed by atoms with Crippen LogP contribution in [0, 0.1) is 0 Å². The zero-order valence-corrected chi connectivity index (χ0v) is 16.0. The van der Waals surface area contributed by atoms with E-state index in [0.29, 0.717) is 25.4 Å². The smallest absolute Gasteiger partial charge is 0.372 e. The molecule has 1 aromatic carbocycles. The Balaban J connectivity index is 2.86. The van der Waals surface area contributed by atoms with E-state index in [-0.39, 0.29) is 6.61 Å². The van der Waals surface area contributed by atoms with E-state index < -0.39 is 11.8 Å². The van der Waals surface area contributed by atoms with Gasteiger partial charge in [-0.3, -0.25) is 0 Å². The fourth-order valence-corrected chi connectivity index (χ4v) is 2.57. The third-order valence-corrected chi connectivity index (χ3v) is 3.74. The van der Waals surface area contributed by atoms with Gasteiger partial charge in [-0.25, -0.2) is 4.79 Å². The highest BCUT2D eigenvalue weighted by Crippen LogP contribution is 2.31. The van der Waals surface area contributed by atoms with Crippen LogP contribution in [0.2, 0.25) is 0 Å². The molecule has 1 aromatic rings. The predicted octanol–water partition coefficient (Wildman–Crippen LogP) is 4.43. The molecule has 0 N–H and O–H groups in total. The molecule has 0 bridgehead atoms. The Morgan fingerprint density at radius 2 is 1.52 bits per heavy atom.